The molecule has 0 atom stereocenters. The zero-order valence-electron chi connectivity index (χ0n) is 10.0. The lowest BCUT2D eigenvalue weighted by molar-refractivity contribution is 0.432. The van der Waals surface area contributed by atoms with Crippen molar-refractivity contribution in [3.05, 3.63) is 35.7 Å². The highest BCUT2D eigenvalue weighted by Gasteiger charge is 2.15. The van der Waals surface area contributed by atoms with Crippen molar-refractivity contribution < 1.29 is 4.52 Å². The van der Waals surface area contributed by atoms with Crippen LogP contribution in [0.25, 0.3) is 23.0 Å². The maximum Gasteiger partial charge on any atom is 0.260 e. The van der Waals surface area contributed by atoms with Crippen molar-refractivity contribution >= 4 is 17.3 Å². The summed E-state index contributed by atoms with van der Waals surface area (Å²) >= 11 is 5.85. The first-order valence-electron chi connectivity index (χ1n) is 5.51. The topological polar surface area (TPSA) is 82.8 Å². The molecule has 7 heteroatoms. The third kappa shape index (κ3) is 2.06. The minimum Gasteiger partial charge on any atom is -0.398 e. The third-order valence-electron chi connectivity index (χ3n) is 2.72. The lowest BCUT2D eigenvalue weighted by Gasteiger charge is -2.00. The first kappa shape index (κ1) is 11.7. The van der Waals surface area contributed by atoms with Crippen molar-refractivity contribution in [3.8, 4) is 23.0 Å². The van der Waals surface area contributed by atoms with Gasteiger partial charge in [-0.15, -0.1) is 0 Å². The summed E-state index contributed by atoms with van der Waals surface area (Å²) in [6.07, 6.45) is 3.34. The maximum absolute atomic E-state index is 5.88. The van der Waals surface area contributed by atoms with Gasteiger partial charge in [-0.2, -0.15) is 4.98 Å². The Morgan fingerprint density at radius 1 is 1.37 bits per heavy atom. The number of rotatable bonds is 2. The molecule has 2 heterocycles. The van der Waals surface area contributed by atoms with E-state index >= 15 is 0 Å². The van der Waals surface area contributed by atoms with Gasteiger partial charge >= 0.3 is 0 Å². The number of benzene rings is 1. The Bertz CT molecular complexity index is 733. The summed E-state index contributed by atoms with van der Waals surface area (Å²) in [5.74, 6) is 0.815. The predicted octanol–water partition coefficient (Wildman–Crippen LogP) is 2.37. The van der Waals surface area contributed by atoms with E-state index in [1.165, 1.54) is 0 Å². The Balaban J connectivity index is 2.04. The van der Waals surface area contributed by atoms with Gasteiger partial charge in [-0.25, -0.2) is 4.98 Å². The molecule has 0 fully saturated rings. The second-order valence-electron chi connectivity index (χ2n) is 4.04. The fourth-order valence-corrected chi connectivity index (χ4v) is 1.92. The van der Waals surface area contributed by atoms with Gasteiger partial charge in [0.1, 0.15) is 5.69 Å². The second kappa shape index (κ2) is 4.40. The molecule has 6 nitrogen and oxygen atoms in total. The van der Waals surface area contributed by atoms with Crippen molar-refractivity contribution in [2.45, 2.75) is 0 Å². The standard InChI is InChI=1S/C12H10ClN5O/c1-18-6-15-5-10(18)11-16-12(19-17-11)8-3-2-7(13)4-9(8)14/h2-6H,14H2,1H3. The van der Waals surface area contributed by atoms with E-state index in [1.54, 1.807) is 35.3 Å². The number of halogens is 1. The lowest BCUT2D eigenvalue weighted by Crippen LogP contribution is -1.92. The van der Waals surface area contributed by atoms with Gasteiger partial charge < -0.3 is 14.8 Å². The molecule has 0 saturated heterocycles. The summed E-state index contributed by atoms with van der Waals surface area (Å²) in [5.41, 5.74) is 7.80. The van der Waals surface area contributed by atoms with Gasteiger partial charge in [-0.05, 0) is 18.2 Å². The van der Waals surface area contributed by atoms with Crippen LogP contribution in [0.2, 0.25) is 5.02 Å². The van der Waals surface area contributed by atoms with E-state index in [-0.39, 0.29) is 0 Å². The van der Waals surface area contributed by atoms with E-state index in [4.69, 9.17) is 21.9 Å². The molecule has 0 radical (unpaired) electrons. The molecule has 0 spiro atoms. The van der Waals surface area contributed by atoms with Gasteiger partial charge in [0.25, 0.3) is 5.89 Å². The van der Waals surface area contributed by atoms with Crippen LogP contribution >= 0.6 is 11.6 Å². The Labute approximate surface area is 113 Å². The zero-order chi connectivity index (χ0) is 13.4. The number of nitrogens with two attached hydrogens (primary N) is 1. The molecule has 3 rings (SSSR count). The number of nitrogens with zero attached hydrogens (tertiary/aromatic N) is 4. The normalized spacial score (nSPS) is 10.8. The minimum atomic E-state index is 0.352. The maximum atomic E-state index is 5.88. The van der Waals surface area contributed by atoms with Crippen molar-refractivity contribution in [1.29, 1.82) is 0 Å². The molecular weight excluding hydrogens is 266 g/mol. The van der Waals surface area contributed by atoms with Crippen LogP contribution < -0.4 is 5.73 Å². The SMILES string of the molecule is Cn1cncc1-c1noc(-c2ccc(Cl)cc2N)n1. The number of hydrogen-bond acceptors (Lipinski definition) is 5. The number of nitrogen functional groups attached to an aromatic ring is 1. The molecular formula is C12H10ClN5O. The number of imidazole rings is 1. The average Bonchev–Trinajstić information content (AvgIpc) is 2.97. The average molecular weight is 276 g/mol. The molecule has 0 aliphatic rings. The Morgan fingerprint density at radius 3 is 2.89 bits per heavy atom. The van der Waals surface area contributed by atoms with E-state index in [9.17, 15) is 0 Å². The minimum absolute atomic E-state index is 0.352. The first-order chi connectivity index (χ1) is 9.15. The third-order valence-corrected chi connectivity index (χ3v) is 2.95. The van der Waals surface area contributed by atoms with E-state index in [0.717, 1.165) is 5.69 Å². The summed E-state index contributed by atoms with van der Waals surface area (Å²) in [4.78, 5) is 8.32. The molecule has 0 unspecified atom stereocenters. The van der Waals surface area contributed by atoms with Crippen LogP contribution in [0.3, 0.4) is 0 Å². The van der Waals surface area contributed by atoms with Crippen molar-refractivity contribution in [2.24, 2.45) is 7.05 Å². The molecule has 1 aromatic carbocycles. The largest absolute Gasteiger partial charge is 0.398 e. The van der Waals surface area contributed by atoms with E-state index in [2.05, 4.69) is 15.1 Å². The van der Waals surface area contributed by atoms with E-state index in [1.807, 2.05) is 7.05 Å². The highest BCUT2D eigenvalue weighted by molar-refractivity contribution is 6.31. The molecule has 2 N–H and O–H groups in total. The van der Waals surface area contributed by atoms with Crippen LogP contribution in [-0.2, 0) is 7.05 Å². The van der Waals surface area contributed by atoms with E-state index < -0.39 is 0 Å². The molecule has 0 aliphatic heterocycles. The van der Waals surface area contributed by atoms with Gasteiger partial charge in [0, 0.05) is 17.8 Å². The summed E-state index contributed by atoms with van der Waals surface area (Å²) < 4.78 is 7.03. The highest BCUT2D eigenvalue weighted by Crippen LogP contribution is 2.28. The van der Waals surface area contributed by atoms with Gasteiger partial charge in [0.15, 0.2) is 0 Å². The first-order valence-corrected chi connectivity index (χ1v) is 5.89. The number of hydrogen-bond donors (Lipinski definition) is 1. The molecule has 0 saturated carbocycles. The predicted molar refractivity (Wildman–Crippen MR) is 71.4 cm³/mol. The fraction of sp³-hybridized carbons (Fsp3) is 0.0833. The van der Waals surface area contributed by atoms with Crippen molar-refractivity contribution in [3.63, 3.8) is 0 Å². The smallest absolute Gasteiger partial charge is 0.260 e. The van der Waals surface area contributed by atoms with Crippen LogP contribution in [0.15, 0.2) is 35.2 Å². The van der Waals surface area contributed by atoms with Crippen LogP contribution in [0.5, 0.6) is 0 Å². The molecule has 19 heavy (non-hydrogen) atoms. The van der Waals surface area contributed by atoms with Crippen LogP contribution in [0, 0.1) is 0 Å². The second-order valence-corrected chi connectivity index (χ2v) is 4.48. The highest BCUT2D eigenvalue weighted by atomic mass is 35.5. The number of aryl methyl sites for hydroxylation is 1. The summed E-state index contributed by atoms with van der Waals surface area (Å²) in [5, 5.41) is 4.49. The van der Waals surface area contributed by atoms with Gasteiger partial charge in [0.2, 0.25) is 5.82 Å². The Morgan fingerprint density at radius 2 is 2.21 bits per heavy atom. The molecule has 2 aromatic heterocycles. The Hall–Kier alpha value is -2.34. The fourth-order valence-electron chi connectivity index (χ4n) is 1.74. The monoisotopic (exact) mass is 275 g/mol. The van der Waals surface area contributed by atoms with Gasteiger partial charge in [-0.3, -0.25) is 0 Å². The van der Waals surface area contributed by atoms with Crippen molar-refractivity contribution in [1.82, 2.24) is 19.7 Å². The van der Waals surface area contributed by atoms with Crippen LogP contribution in [0.4, 0.5) is 5.69 Å². The number of anilines is 1. The Kier molecular flexibility index (Phi) is 2.72. The quantitative estimate of drug-likeness (QED) is 0.726. The molecule has 0 aliphatic carbocycles. The zero-order valence-corrected chi connectivity index (χ0v) is 10.8. The van der Waals surface area contributed by atoms with Crippen molar-refractivity contribution in [2.75, 3.05) is 5.73 Å². The van der Waals surface area contributed by atoms with Crippen LogP contribution in [-0.4, -0.2) is 19.7 Å². The van der Waals surface area contributed by atoms with Gasteiger partial charge in [-0.1, -0.05) is 16.8 Å². The summed E-state index contributed by atoms with van der Waals surface area (Å²) in [6.45, 7) is 0. The lowest BCUT2D eigenvalue weighted by atomic mass is 10.2. The molecule has 96 valence electrons. The molecule has 3 aromatic rings. The van der Waals surface area contributed by atoms with E-state index in [0.29, 0.717) is 28.0 Å². The summed E-state index contributed by atoms with van der Waals surface area (Å²) in [7, 11) is 1.86. The molecule has 0 bridgehead atoms. The van der Waals surface area contributed by atoms with Gasteiger partial charge in [0.05, 0.1) is 18.1 Å². The molecule has 0 amide bonds. The summed E-state index contributed by atoms with van der Waals surface area (Å²) in [6, 6.07) is 5.12. The van der Waals surface area contributed by atoms with Crippen LogP contribution in [0.1, 0.15) is 0 Å². The number of aromatic nitrogens is 4.